The van der Waals surface area contributed by atoms with Crippen LogP contribution in [0.5, 0.6) is 0 Å². The van der Waals surface area contributed by atoms with Gasteiger partial charge in [0.25, 0.3) is 0 Å². The molecule has 1 unspecified atom stereocenters. The van der Waals surface area contributed by atoms with Crippen molar-refractivity contribution < 1.29 is 0 Å². The zero-order valence-electron chi connectivity index (χ0n) is 10.8. The summed E-state index contributed by atoms with van der Waals surface area (Å²) in [5.74, 6) is 0.543. The number of nitrogens with zero attached hydrogens (tertiary/aromatic N) is 1. The molecule has 2 heteroatoms. The van der Waals surface area contributed by atoms with Crippen molar-refractivity contribution in [1.29, 1.82) is 0 Å². The van der Waals surface area contributed by atoms with E-state index in [9.17, 15) is 0 Å². The van der Waals surface area contributed by atoms with Crippen LogP contribution in [0, 0.1) is 0 Å². The van der Waals surface area contributed by atoms with Gasteiger partial charge in [0.1, 0.15) is 0 Å². The molecule has 0 amide bonds. The number of benzene rings is 1. The fraction of sp³-hybridized carbons (Fsp3) is 0.467. The van der Waals surface area contributed by atoms with Gasteiger partial charge in [-0.1, -0.05) is 43.8 Å². The molecule has 0 radical (unpaired) electrons. The second-order valence-corrected chi connectivity index (χ2v) is 4.80. The molecule has 1 aromatic rings. The first-order valence-electron chi connectivity index (χ1n) is 6.18. The predicted octanol–water partition coefficient (Wildman–Crippen LogP) is 4.08. The average Bonchev–Trinajstić information content (AvgIpc) is 2.38. The van der Waals surface area contributed by atoms with Gasteiger partial charge in [-0.3, -0.25) is 4.90 Å². The minimum absolute atomic E-state index is 0.543. The van der Waals surface area contributed by atoms with Crippen LogP contribution in [0.2, 0.25) is 0 Å². The van der Waals surface area contributed by atoms with E-state index < -0.39 is 0 Å². The van der Waals surface area contributed by atoms with Gasteiger partial charge in [-0.05, 0) is 24.5 Å². The lowest BCUT2D eigenvalue weighted by atomic mass is 10.1. The lowest BCUT2D eigenvalue weighted by Crippen LogP contribution is -2.34. The Bertz CT molecular complexity index is 334. The van der Waals surface area contributed by atoms with Crippen LogP contribution in [0.25, 0.3) is 0 Å². The summed E-state index contributed by atoms with van der Waals surface area (Å²) in [6.45, 7) is 10.3. The highest BCUT2D eigenvalue weighted by atomic mass is 35.5. The van der Waals surface area contributed by atoms with Gasteiger partial charge in [0.05, 0.1) is 0 Å². The molecule has 0 fully saturated rings. The molecule has 0 aliphatic carbocycles. The molecule has 0 saturated carbocycles. The zero-order valence-corrected chi connectivity index (χ0v) is 11.6. The van der Waals surface area contributed by atoms with Crippen LogP contribution in [0.4, 0.5) is 0 Å². The maximum absolute atomic E-state index is 5.82. The normalized spacial score (nSPS) is 12.7. The second-order valence-electron chi connectivity index (χ2n) is 4.53. The van der Waals surface area contributed by atoms with E-state index in [2.05, 4.69) is 55.7 Å². The molecule has 0 spiro atoms. The van der Waals surface area contributed by atoms with Gasteiger partial charge in [0, 0.05) is 25.0 Å². The molecule has 94 valence electrons. The Morgan fingerprint density at radius 1 is 1.35 bits per heavy atom. The standard InChI is InChI=1S/C15H22ClN/c1-4-14(3)17(11-13(2)10-16)12-15-8-6-5-7-9-15/h5-9,14H,2,4,10-12H2,1,3H3. The number of hydrogen-bond acceptors (Lipinski definition) is 1. The van der Waals surface area contributed by atoms with Gasteiger partial charge in [-0.25, -0.2) is 0 Å². The summed E-state index contributed by atoms with van der Waals surface area (Å²) in [4.78, 5) is 2.43. The van der Waals surface area contributed by atoms with Crippen molar-refractivity contribution in [1.82, 2.24) is 4.90 Å². The van der Waals surface area contributed by atoms with Crippen LogP contribution in [-0.4, -0.2) is 23.4 Å². The van der Waals surface area contributed by atoms with E-state index in [1.54, 1.807) is 0 Å². The van der Waals surface area contributed by atoms with E-state index in [1.165, 1.54) is 5.56 Å². The number of alkyl halides is 1. The van der Waals surface area contributed by atoms with Crippen LogP contribution in [-0.2, 0) is 6.54 Å². The maximum atomic E-state index is 5.82. The molecule has 0 bridgehead atoms. The first-order valence-corrected chi connectivity index (χ1v) is 6.71. The van der Waals surface area contributed by atoms with E-state index in [0.717, 1.165) is 25.1 Å². The fourth-order valence-corrected chi connectivity index (χ4v) is 1.86. The monoisotopic (exact) mass is 251 g/mol. The zero-order chi connectivity index (χ0) is 12.7. The molecule has 1 rings (SSSR count). The summed E-state index contributed by atoms with van der Waals surface area (Å²) < 4.78 is 0. The van der Waals surface area contributed by atoms with Crippen molar-refractivity contribution in [2.45, 2.75) is 32.9 Å². The first-order chi connectivity index (χ1) is 8.17. The molecular weight excluding hydrogens is 230 g/mol. The molecular formula is C15H22ClN. The molecule has 1 atom stereocenters. The highest BCUT2D eigenvalue weighted by Crippen LogP contribution is 2.12. The Kier molecular flexibility index (Phi) is 6.31. The van der Waals surface area contributed by atoms with Crippen molar-refractivity contribution in [2.24, 2.45) is 0 Å². The van der Waals surface area contributed by atoms with Crippen LogP contribution < -0.4 is 0 Å². The highest BCUT2D eigenvalue weighted by Gasteiger charge is 2.13. The molecule has 17 heavy (non-hydrogen) atoms. The van der Waals surface area contributed by atoms with Gasteiger partial charge in [-0.15, -0.1) is 11.6 Å². The Labute approximate surface area is 110 Å². The summed E-state index contributed by atoms with van der Waals surface area (Å²) in [6.07, 6.45) is 1.14. The van der Waals surface area contributed by atoms with E-state index in [4.69, 9.17) is 11.6 Å². The minimum atomic E-state index is 0.543. The van der Waals surface area contributed by atoms with Gasteiger partial charge >= 0.3 is 0 Å². The van der Waals surface area contributed by atoms with Crippen LogP contribution in [0.3, 0.4) is 0 Å². The lowest BCUT2D eigenvalue weighted by molar-refractivity contribution is 0.213. The quantitative estimate of drug-likeness (QED) is 0.521. The molecule has 0 aliphatic heterocycles. The Balaban J connectivity index is 2.67. The van der Waals surface area contributed by atoms with Gasteiger partial charge in [0.15, 0.2) is 0 Å². The summed E-state index contributed by atoms with van der Waals surface area (Å²) in [6, 6.07) is 11.1. The smallest absolute Gasteiger partial charge is 0.0443 e. The average molecular weight is 252 g/mol. The molecule has 1 nitrogen and oxygen atoms in total. The number of halogens is 1. The molecule has 0 aromatic heterocycles. The Morgan fingerprint density at radius 3 is 2.53 bits per heavy atom. The fourth-order valence-electron chi connectivity index (χ4n) is 1.77. The van der Waals surface area contributed by atoms with Crippen LogP contribution in [0.15, 0.2) is 42.5 Å². The van der Waals surface area contributed by atoms with Gasteiger partial charge < -0.3 is 0 Å². The summed E-state index contributed by atoms with van der Waals surface area (Å²) >= 11 is 5.82. The molecule has 0 N–H and O–H groups in total. The maximum Gasteiger partial charge on any atom is 0.0443 e. The Hall–Kier alpha value is -0.790. The van der Waals surface area contributed by atoms with E-state index in [1.807, 2.05) is 0 Å². The lowest BCUT2D eigenvalue weighted by Gasteiger charge is -2.29. The third kappa shape index (κ3) is 4.93. The SMILES string of the molecule is C=C(CCl)CN(Cc1ccccc1)C(C)CC. The van der Waals surface area contributed by atoms with Crippen molar-refractivity contribution in [3.8, 4) is 0 Å². The van der Waals surface area contributed by atoms with Crippen LogP contribution in [0.1, 0.15) is 25.8 Å². The second kappa shape index (κ2) is 7.52. The summed E-state index contributed by atoms with van der Waals surface area (Å²) in [5.41, 5.74) is 2.43. The van der Waals surface area contributed by atoms with Crippen molar-refractivity contribution in [3.63, 3.8) is 0 Å². The van der Waals surface area contributed by atoms with Gasteiger partial charge in [0.2, 0.25) is 0 Å². The van der Waals surface area contributed by atoms with E-state index in [0.29, 0.717) is 11.9 Å². The minimum Gasteiger partial charge on any atom is -0.292 e. The molecule has 0 aliphatic rings. The third-order valence-corrected chi connectivity index (χ3v) is 3.44. The first kappa shape index (κ1) is 14.3. The number of hydrogen-bond donors (Lipinski definition) is 0. The number of rotatable bonds is 7. The molecule has 1 aromatic carbocycles. The summed E-state index contributed by atoms with van der Waals surface area (Å²) in [5, 5.41) is 0. The Morgan fingerprint density at radius 2 is 2.00 bits per heavy atom. The molecule has 0 heterocycles. The predicted molar refractivity (Wildman–Crippen MR) is 76.5 cm³/mol. The largest absolute Gasteiger partial charge is 0.292 e. The highest BCUT2D eigenvalue weighted by molar-refractivity contribution is 6.19. The van der Waals surface area contributed by atoms with E-state index >= 15 is 0 Å². The van der Waals surface area contributed by atoms with E-state index in [-0.39, 0.29) is 0 Å². The van der Waals surface area contributed by atoms with Crippen molar-refractivity contribution >= 4 is 11.6 Å². The van der Waals surface area contributed by atoms with Gasteiger partial charge in [-0.2, -0.15) is 0 Å². The third-order valence-electron chi connectivity index (χ3n) is 3.06. The topological polar surface area (TPSA) is 3.24 Å². The van der Waals surface area contributed by atoms with Crippen molar-refractivity contribution in [2.75, 3.05) is 12.4 Å². The van der Waals surface area contributed by atoms with Crippen LogP contribution >= 0.6 is 11.6 Å². The molecule has 0 saturated heterocycles. The summed E-state index contributed by atoms with van der Waals surface area (Å²) in [7, 11) is 0. The van der Waals surface area contributed by atoms with Crippen molar-refractivity contribution in [3.05, 3.63) is 48.0 Å².